The highest BCUT2D eigenvalue weighted by molar-refractivity contribution is 7.91. The molecule has 2 saturated heterocycles. The summed E-state index contributed by atoms with van der Waals surface area (Å²) < 4.78 is 24.5. The number of hydrogen-bond acceptors (Lipinski definition) is 5. The van der Waals surface area contributed by atoms with Crippen molar-refractivity contribution in [1.29, 1.82) is 0 Å². The molecule has 2 aromatic rings. The standard InChI is InChI=1S/C29H39ClN2O4S/c1-21(2)37(35,36)20-23-10-14-32(15-11-23)28(33)19-24-4-9-27(22(3)18-24)31-16-12-29(34,13-17-31)25-5-7-26(30)8-6-25/h4-9,18,21,23,34H,10-17,19-20H2,1-3H3. The van der Waals surface area contributed by atoms with E-state index in [0.717, 1.165) is 48.3 Å². The molecule has 0 unspecified atom stereocenters. The summed E-state index contributed by atoms with van der Waals surface area (Å²) >= 11 is 6.01. The number of nitrogens with zero attached hydrogens (tertiary/aromatic N) is 2. The summed E-state index contributed by atoms with van der Waals surface area (Å²) in [5.41, 5.74) is 3.33. The van der Waals surface area contributed by atoms with Gasteiger partial charge in [0, 0.05) is 36.9 Å². The molecule has 0 aromatic heterocycles. The summed E-state index contributed by atoms with van der Waals surface area (Å²) in [5.74, 6) is 0.462. The van der Waals surface area contributed by atoms with E-state index in [4.69, 9.17) is 11.6 Å². The minimum absolute atomic E-state index is 0.100. The number of anilines is 1. The lowest BCUT2D eigenvalue weighted by atomic mass is 9.84. The maximum Gasteiger partial charge on any atom is 0.226 e. The first-order valence-corrected chi connectivity index (χ1v) is 15.4. The largest absolute Gasteiger partial charge is 0.385 e. The molecule has 2 heterocycles. The predicted octanol–water partition coefficient (Wildman–Crippen LogP) is 4.74. The van der Waals surface area contributed by atoms with Crippen LogP contribution in [0.3, 0.4) is 0 Å². The molecule has 0 aliphatic carbocycles. The molecule has 0 bridgehead atoms. The van der Waals surface area contributed by atoms with E-state index in [2.05, 4.69) is 24.0 Å². The Morgan fingerprint density at radius 2 is 1.68 bits per heavy atom. The number of rotatable bonds is 7. The quantitative estimate of drug-likeness (QED) is 0.542. The van der Waals surface area contributed by atoms with E-state index >= 15 is 0 Å². The minimum atomic E-state index is -3.05. The summed E-state index contributed by atoms with van der Waals surface area (Å²) in [6.45, 7) is 8.28. The summed E-state index contributed by atoms with van der Waals surface area (Å²) in [7, 11) is -3.05. The lowest BCUT2D eigenvalue weighted by Crippen LogP contribution is -2.43. The van der Waals surface area contributed by atoms with Gasteiger partial charge in [-0.25, -0.2) is 8.42 Å². The van der Waals surface area contributed by atoms with Crippen molar-refractivity contribution in [1.82, 2.24) is 4.90 Å². The lowest BCUT2D eigenvalue weighted by Gasteiger charge is -2.40. The van der Waals surface area contributed by atoms with Crippen molar-refractivity contribution in [3.05, 3.63) is 64.2 Å². The van der Waals surface area contributed by atoms with Gasteiger partial charge in [-0.15, -0.1) is 0 Å². The molecule has 6 nitrogen and oxygen atoms in total. The second kappa shape index (κ2) is 11.3. The van der Waals surface area contributed by atoms with E-state index in [1.54, 1.807) is 13.8 Å². The minimum Gasteiger partial charge on any atom is -0.385 e. The number of aliphatic hydroxyl groups is 1. The van der Waals surface area contributed by atoms with Crippen LogP contribution in [0.25, 0.3) is 0 Å². The second-order valence-corrected chi connectivity index (χ2v) is 14.1. The fraction of sp³-hybridized carbons (Fsp3) is 0.552. The fourth-order valence-electron chi connectivity index (χ4n) is 5.51. The van der Waals surface area contributed by atoms with E-state index in [9.17, 15) is 18.3 Å². The third-order valence-electron chi connectivity index (χ3n) is 8.08. The number of likely N-dealkylation sites (tertiary alicyclic amines) is 1. The van der Waals surface area contributed by atoms with Crippen molar-refractivity contribution in [3.63, 3.8) is 0 Å². The normalized spacial score (nSPS) is 18.9. The third-order valence-corrected chi connectivity index (χ3v) is 10.7. The molecular weight excluding hydrogens is 508 g/mol. The summed E-state index contributed by atoms with van der Waals surface area (Å²) in [5, 5.41) is 11.5. The fourth-order valence-corrected chi connectivity index (χ4v) is 7.01. The van der Waals surface area contributed by atoms with E-state index in [0.29, 0.717) is 37.4 Å². The molecular formula is C29H39ClN2O4S. The zero-order valence-corrected chi connectivity index (χ0v) is 23.7. The van der Waals surface area contributed by atoms with E-state index < -0.39 is 15.4 Å². The Bertz CT molecular complexity index is 1200. The first-order valence-electron chi connectivity index (χ1n) is 13.3. The van der Waals surface area contributed by atoms with Crippen LogP contribution in [0.15, 0.2) is 42.5 Å². The average Bonchev–Trinajstić information content (AvgIpc) is 2.85. The SMILES string of the molecule is Cc1cc(CC(=O)N2CCC(CS(=O)(=O)C(C)C)CC2)ccc1N1CCC(O)(c2ccc(Cl)cc2)CC1. The summed E-state index contributed by atoms with van der Waals surface area (Å²) in [6, 6.07) is 13.7. The van der Waals surface area contributed by atoms with E-state index in [1.165, 1.54) is 0 Å². The summed E-state index contributed by atoms with van der Waals surface area (Å²) in [4.78, 5) is 17.1. The van der Waals surface area contributed by atoms with Crippen LogP contribution >= 0.6 is 11.6 Å². The molecule has 1 amide bonds. The van der Waals surface area contributed by atoms with Crippen molar-refractivity contribution in [2.75, 3.05) is 36.8 Å². The smallest absolute Gasteiger partial charge is 0.226 e. The molecule has 2 aliphatic heterocycles. The van der Waals surface area contributed by atoms with Gasteiger partial charge in [0.15, 0.2) is 9.84 Å². The van der Waals surface area contributed by atoms with Crippen LogP contribution in [-0.4, -0.2) is 61.5 Å². The maximum atomic E-state index is 13.0. The van der Waals surface area contributed by atoms with Crippen LogP contribution in [0, 0.1) is 12.8 Å². The molecule has 37 heavy (non-hydrogen) atoms. The molecule has 2 aliphatic rings. The number of carbonyl (C=O) groups is 1. The second-order valence-electron chi connectivity index (χ2n) is 11.0. The molecule has 0 atom stereocenters. The van der Waals surface area contributed by atoms with Gasteiger partial charge in [0.05, 0.1) is 23.0 Å². The molecule has 202 valence electrons. The number of aryl methyl sites for hydroxylation is 1. The molecule has 8 heteroatoms. The number of hydrogen-bond donors (Lipinski definition) is 1. The number of amides is 1. The van der Waals surface area contributed by atoms with Crippen molar-refractivity contribution >= 4 is 33.0 Å². The van der Waals surface area contributed by atoms with Gasteiger partial charge in [-0.05, 0) is 87.3 Å². The van der Waals surface area contributed by atoms with Gasteiger partial charge >= 0.3 is 0 Å². The Morgan fingerprint density at radius 1 is 1.05 bits per heavy atom. The van der Waals surface area contributed by atoms with Gasteiger partial charge in [-0.1, -0.05) is 35.9 Å². The molecule has 0 spiro atoms. The first kappa shape index (κ1) is 27.9. The third kappa shape index (κ3) is 6.68. The van der Waals surface area contributed by atoms with Crippen molar-refractivity contribution in [2.45, 2.75) is 63.7 Å². The maximum absolute atomic E-state index is 13.0. The lowest BCUT2D eigenvalue weighted by molar-refractivity contribution is -0.131. The Labute approximate surface area is 226 Å². The van der Waals surface area contributed by atoms with Crippen LogP contribution < -0.4 is 4.90 Å². The van der Waals surface area contributed by atoms with Crippen LogP contribution in [0.5, 0.6) is 0 Å². The van der Waals surface area contributed by atoms with E-state index in [-0.39, 0.29) is 22.8 Å². The number of benzene rings is 2. The van der Waals surface area contributed by atoms with Crippen molar-refractivity contribution in [3.8, 4) is 0 Å². The van der Waals surface area contributed by atoms with Crippen LogP contribution in [-0.2, 0) is 26.7 Å². The zero-order chi connectivity index (χ0) is 26.8. The Balaban J connectivity index is 1.30. The molecule has 2 fully saturated rings. The van der Waals surface area contributed by atoms with Crippen LogP contribution in [0.4, 0.5) is 5.69 Å². The summed E-state index contributed by atoms with van der Waals surface area (Å²) in [6.07, 6.45) is 3.12. The first-order chi connectivity index (χ1) is 17.5. The highest BCUT2D eigenvalue weighted by Crippen LogP contribution is 2.36. The van der Waals surface area contributed by atoms with Gasteiger partial charge in [0.25, 0.3) is 0 Å². The Kier molecular flexibility index (Phi) is 8.56. The van der Waals surface area contributed by atoms with Gasteiger partial charge < -0.3 is 14.9 Å². The van der Waals surface area contributed by atoms with Crippen molar-refractivity contribution < 1.29 is 18.3 Å². The highest BCUT2D eigenvalue weighted by atomic mass is 35.5. The van der Waals surface area contributed by atoms with Gasteiger partial charge in [-0.2, -0.15) is 0 Å². The van der Waals surface area contributed by atoms with Crippen LogP contribution in [0.2, 0.25) is 5.02 Å². The van der Waals surface area contributed by atoms with Gasteiger partial charge in [-0.3, -0.25) is 4.79 Å². The Morgan fingerprint density at radius 3 is 2.24 bits per heavy atom. The number of halogens is 1. The predicted molar refractivity (Wildman–Crippen MR) is 150 cm³/mol. The van der Waals surface area contributed by atoms with Crippen LogP contribution in [0.1, 0.15) is 56.2 Å². The van der Waals surface area contributed by atoms with Gasteiger partial charge in [0.2, 0.25) is 5.91 Å². The molecule has 0 saturated carbocycles. The molecule has 4 rings (SSSR count). The van der Waals surface area contributed by atoms with Crippen molar-refractivity contribution in [2.24, 2.45) is 5.92 Å². The van der Waals surface area contributed by atoms with Gasteiger partial charge in [0.1, 0.15) is 0 Å². The monoisotopic (exact) mass is 546 g/mol. The number of carbonyl (C=O) groups excluding carboxylic acids is 1. The van der Waals surface area contributed by atoms with E-state index in [1.807, 2.05) is 35.2 Å². The highest BCUT2D eigenvalue weighted by Gasteiger charge is 2.34. The molecule has 0 radical (unpaired) electrons. The molecule has 2 aromatic carbocycles. The molecule has 1 N–H and O–H groups in total. The number of piperidine rings is 2. The topological polar surface area (TPSA) is 77.9 Å². The number of sulfone groups is 1. The average molecular weight is 547 g/mol. The zero-order valence-electron chi connectivity index (χ0n) is 22.1. The Hall–Kier alpha value is -2.09.